The van der Waals surface area contributed by atoms with Gasteiger partial charge in [0.05, 0.1) is 0 Å². The van der Waals surface area contributed by atoms with Gasteiger partial charge < -0.3 is 11.5 Å². The Labute approximate surface area is 96.7 Å². The van der Waals surface area contributed by atoms with Crippen LogP contribution in [0.3, 0.4) is 0 Å². The monoisotopic (exact) mass is 226 g/mol. The minimum atomic E-state index is 0.433. The average molecular weight is 226 g/mol. The van der Waals surface area contributed by atoms with Gasteiger partial charge in [-0.25, -0.2) is 0 Å². The molecule has 0 aliphatic heterocycles. The Balaban J connectivity index is 2.71. The standard InChI is InChI=1S/C12H22N2S/c1-8-4-5-12(15-8)10(3)9(2)11(6-13)7-14/h4-5,9-11H,6-7,13-14H2,1-3H3. The van der Waals surface area contributed by atoms with Crippen molar-refractivity contribution in [3.05, 3.63) is 21.9 Å². The molecule has 2 atom stereocenters. The molecule has 0 saturated carbocycles. The summed E-state index contributed by atoms with van der Waals surface area (Å²) < 4.78 is 0. The van der Waals surface area contributed by atoms with Crippen LogP contribution in [0.15, 0.2) is 12.1 Å². The molecular weight excluding hydrogens is 204 g/mol. The van der Waals surface area contributed by atoms with Crippen molar-refractivity contribution in [2.45, 2.75) is 26.7 Å². The number of hydrogen-bond donors (Lipinski definition) is 2. The van der Waals surface area contributed by atoms with E-state index in [9.17, 15) is 0 Å². The highest BCUT2D eigenvalue weighted by atomic mass is 32.1. The second-order valence-corrected chi connectivity index (χ2v) is 5.65. The van der Waals surface area contributed by atoms with Crippen LogP contribution in [0.4, 0.5) is 0 Å². The molecule has 0 saturated heterocycles. The molecule has 4 N–H and O–H groups in total. The fraction of sp³-hybridized carbons (Fsp3) is 0.667. The summed E-state index contributed by atoms with van der Waals surface area (Å²) in [4.78, 5) is 2.83. The summed E-state index contributed by atoms with van der Waals surface area (Å²) in [5, 5.41) is 0. The fourth-order valence-corrected chi connectivity index (χ4v) is 2.94. The molecule has 1 aromatic heterocycles. The summed E-state index contributed by atoms with van der Waals surface area (Å²) in [6.45, 7) is 8.05. The van der Waals surface area contributed by atoms with E-state index in [1.807, 2.05) is 11.3 Å². The van der Waals surface area contributed by atoms with Crippen molar-refractivity contribution in [1.29, 1.82) is 0 Å². The van der Waals surface area contributed by atoms with E-state index in [-0.39, 0.29) is 0 Å². The van der Waals surface area contributed by atoms with Gasteiger partial charge in [0.1, 0.15) is 0 Å². The lowest BCUT2D eigenvalue weighted by atomic mass is 9.83. The van der Waals surface area contributed by atoms with E-state index in [0.717, 1.165) is 0 Å². The van der Waals surface area contributed by atoms with Crippen molar-refractivity contribution in [2.24, 2.45) is 23.3 Å². The Morgan fingerprint density at radius 2 is 1.80 bits per heavy atom. The molecule has 0 amide bonds. The molecule has 86 valence electrons. The lowest BCUT2D eigenvalue weighted by Crippen LogP contribution is -2.31. The molecule has 0 bridgehead atoms. The Morgan fingerprint density at radius 3 is 2.20 bits per heavy atom. The third-order valence-electron chi connectivity index (χ3n) is 3.35. The molecule has 0 aromatic carbocycles. The first kappa shape index (κ1) is 12.7. The van der Waals surface area contributed by atoms with E-state index in [1.165, 1.54) is 9.75 Å². The van der Waals surface area contributed by atoms with Crippen molar-refractivity contribution in [2.75, 3.05) is 13.1 Å². The van der Waals surface area contributed by atoms with Crippen molar-refractivity contribution < 1.29 is 0 Å². The van der Waals surface area contributed by atoms with E-state index < -0.39 is 0 Å². The Morgan fingerprint density at radius 1 is 1.20 bits per heavy atom. The van der Waals surface area contributed by atoms with Crippen LogP contribution in [-0.4, -0.2) is 13.1 Å². The molecule has 0 aliphatic rings. The third-order valence-corrected chi connectivity index (χ3v) is 4.55. The fourth-order valence-electron chi connectivity index (χ4n) is 1.89. The van der Waals surface area contributed by atoms with E-state index in [1.54, 1.807) is 0 Å². The third kappa shape index (κ3) is 3.03. The van der Waals surface area contributed by atoms with Crippen molar-refractivity contribution in [1.82, 2.24) is 0 Å². The van der Waals surface area contributed by atoms with E-state index in [0.29, 0.717) is 30.8 Å². The van der Waals surface area contributed by atoms with Gasteiger partial charge in [-0.1, -0.05) is 13.8 Å². The SMILES string of the molecule is Cc1ccc(C(C)C(C)C(CN)CN)s1. The number of nitrogens with two attached hydrogens (primary N) is 2. The lowest BCUT2D eigenvalue weighted by Gasteiger charge is -2.26. The lowest BCUT2D eigenvalue weighted by molar-refractivity contribution is 0.331. The van der Waals surface area contributed by atoms with Crippen molar-refractivity contribution in [3.63, 3.8) is 0 Å². The minimum Gasteiger partial charge on any atom is -0.330 e. The highest BCUT2D eigenvalue weighted by Gasteiger charge is 2.22. The summed E-state index contributed by atoms with van der Waals surface area (Å²) in [5.74, 6) is 1.54. The number of hydrogen-bond acceptors (Lipinski definition) is 3. The van der Waals surface area contributed by atoms with Gasteiger partial charge >= 0.3 is 0 Å². The maximum Gasteiger partial charge on any atom is 0.00790 e. The first-order chi connectivity index (χ1) is 7.10. The van der Waals surface area contributed by atoms with E-state index in [4.69, 9.17) is 11.5 Å². The van der Waals surface area contributed by atoms with Gasteiger partial charge in [0.25, 0.3) is 0 Å². The van der Waals surface area contributed by atoms with Crippen LogP contribution in [0.25, 0.3) is 0 Å². The van der Waals surface area contributed by atoms with Crippen LogP contribution < -0.4 is 11.5 Å². The van der Waals surface area contributed by atoms with Crippen LogP contribution in [0.1, 0.15) is 29.5 Å². The topological polar surface area (TPSA) is 52.0 Å². The highest BCUT2D eigenvalue weighted by molar-refractivity contribution is 7.12. The predicted octanol–water partition coefficient (Wildman–Crippen LogP) is 2.33. The summed E-state index contributed by atoms with van der Waals surface area (Å²) in [7, 11) is 0. The minimum absolute atomic E-state index is 0.433. The molecule has 2 unspecified atom stereocenters. The molecule has 1 rings (SSSR count). The summed E-state index contributed by atoms with van der Waals surface area (Å²) in [5.41, 5.74) is 11.5. The molecule has 2 nitrogen and oxygen atoms in total. The van der Waals surface area contributed by atoms with Gasteiger partial charge in [-0.15, -0.1) is 11.3 Å². The van der Waals surface area contributed by atoms with Gasteiger partial charge in [-0.3, -0.25) is 0 Å². The quantitative estimate of drug-likeness (QED) is 0.809. The molecule has 15 heavy (non-hydrogen) atoms. The first-order valence-electron chi connectivity index (χ1n) is 5.56. The molecular formula is C12H22N2S. The zero-order valence-corrected chi connectivity index (χ0v) is 10.7. The van der Waals surface area contributed by atoms with Crippen molar-refractivity contribution >= 4 is 11.3 Å². The second kappa shape index (κ2) is 5.64. The number of aryl methyl sites for hydroxylation is 1. The largest absolute Gasteiger partial charge is 0.330 e. The molecule has 1 heterocycles. The van der Waals surface area contributed by atoms with E-state index in [2.05, 4.69) is 32.9 Å². The first-order valence-corrected chi connectivity index (χ1v) is 6.38. The zero-order valence-electron chi connectivity index (χ0n) is 9.86. The molecule has 0 radical (unpaired) electrons. The second-order valence-electron chi connectivity index (χ2n) is 4.33. The molecule has 0 aliphatic carbocycles. The smallest absolute Gasteiger partial charge is 0.00790 e. The average Bonchev–Trinajstić information content (AvgIpc) is 2.65. The van der Waals surface area contributed by atoms with Crippen LogP contribution >= 0.6 is 11.3 Å². The van der Waals surface area contributed by atoms with Crippen molar-refractivity contribution in [3.8, 4) is 0 Å². The number of rotatable bonds is 5. The van der Waals surface area contributed by atoms with Gasteiger partial charge in [0.2, 0.25) is 0 Å². The summed E-state index contributed by atoms with van der Waals surface area (Å²) in [6.07, 6.45) is 0. The van der Waals surface area contributed by atoms with Gasteiger partial charge in [-0.2, -0.15) is 0 Å². The Bertz CT molecular complexity index is 292. The molecule has 0 spiro atoms. The highest BCUT2D eigenvalue weighted by Crippen LogP contribution is 2.33. The Hall–Kier alpha value is -0.380. The normalized spacial score (nSPS) is 15.6. The van der Waals surface area contributed by atoms with Gasteiger partial charge in [0, 0.05) is 9.75 Å². The maximum absolute atomic E-state index is 5.73. The Kier molecular flexibility index (Phi) is 4.77. The molecule has 1 aromatic rings. The van der Waals surface area contributed by atoms with Crippen LogP contribution in [0, 0.1) is 18.8 Å². The van der Waals surface area contributed by atoms with Gasteiger partial charge in [-0.05, 0) is 49.9 Å². The van der Waals surface area contributed by atoms with E-state index >= 15 is 0 Å². The van der Waals surface area contributed by atoms with Crippen LogP contribution in [-0.2, 0) is 0 Å². The van der Waals surface area contributed by atoms with Crippen LogP contribution in [0.2, 0.25) is 0 Å². The predicted molar refractivity (Wildman–Crippen MR) is 68.2 cm³/mol. The van der Waals surface area contributed by atoms with Gasteiger partial charge in [0.15, 0.2) is 0 Å². The summed E-state index contributed by atoms with van der Waals surface area (Å²) >= 11 is 1.88. The maximum atomic E-state index is 5.73. The van der Waals surface area contributed by atoms with Crippen LogP contribution in [0.5, 0.6) is 0 Å². The zero-order chi connectivity index (χ0) is 11.4. The molecule has 0 fully saturated rings. The summed E-state index contributed by atoms with van der Waals surface area (Å²) in [6, 6.07) is 4.41. The molecule has 3 heteroatoms. The number of thiophene rings is 1.